The summed E-state index contributed by atoms with van der Waals surface area (Å²) in [5, 5.41) is 12.6. The van der Waals surface area contributed by atoms with Crippen LogP contribution >= 0.6 is 24.4 Å². The Morgan fingerprint density at radius 1 is 1.07 bits per heavy atom. The third-order valence-electron chi connectivity index (χ3n) is 6.72. The minimum Gasteiger partial charge on any atom is -0.483 e. The van der Waals surface area contributed by atoms with Crippen LogP contribution in [0.4, 0.5) is 5.69 Å². The van der Waals surface area contributed by atoms with E-state index in [-0.39, 0.29) is 11.7 Å². The molecule has 1 saturated heterocycles. The van der Waals surface area contributed by atoms with E-state index in [0.717, 1.165) is 17.3 Å². The van der Waals surface area contributed by atoms with Crippen molar-refractivity contribution >= 4 is 70.3 Å². The van der Waals surface area contributed by atoms with E-state index < -0.39 is 42.3 Å². The number of hydrogen-bond acceptors (Lipinski definition) is 9. The molecule has 4 rings (SSSR count). The molecule has 0 aromatic heterocycles. The normalized spacial score (nSPS) is 18.7. The molecule has 2 heterocycles. The van der Waals surface area contributed by atoms with Crippen molar-refractivity contribution in [3.05, 3.63) is 70.4 Å². The molecule has 0 radical (unpaired) electrons. The van der Waals surface area contributed by atoms with Gasteiger partial charge in [0.05, 0.1) is 23.9 Å². The standard InChI is InChI=1S/C29H30N6O6S2/c1-5-40-27(39)23-17(4)31-28(42)32-24(23)19-8-6-7-9-21(19)41-14-22(36)34-30-13-20-25(37)33-29(43)35(26(20)38)18-11-10-15(2)16(3)12-18/h6-13,20,24H,5,14H2,1-4H3,(H,34,36)(H2,31,32,42)(H,33,37,43)/t20-,24+/m1/s1. The van der Waals surface area contributed by atoms with Gasteiger partial charge in [-0.2, -0.15) is 5.10 Å². The maximum Gasteiger partial charge on any atom is 0.338 e. The zero-order valence-electron chi connectivity index (χ0n) is 23.8. The lowest BCUT2D eigenvalue weighted by molar-refractivity contribution is -0.139. The summed E-state index contributed by atoms with van der Waals surface area (Å²) in [4.78, 5) is 52.2. The molecule has 12 nitrogen and oxygen atoms in total. The van der Waals surface area contributed by atoms with Crippen LogP contribution in [0.1, 0.15) is 36.6 Å². The Bertz CT molecular complexity index is 1570. The van der Waals surface area contributed by atoms with Crippen molar-refractivity contribution in [2.24, 2.45) is 11.0 Å². The largest absolute Gasteiger partial charge is 0.483 e. The van der Waals surface area contributed by atoms with Crippen LogP contribution in [0.5, 0.6) is 5.75 Å². The van der Waals surface area contributed by atoms with Gasteiger partial charge in [0, 0.05) is 17.5 Å². The topological polar surface area (TPSA) is 150 Å². The Kier molecular flexibility index (Phi) is 9.83. The number of para-hydroxylation sites is 1. The third kappa shape index (κ3) is 7.04. The molecule has 0 saturated carbocycles. The number of aryl methyl sites for hydroxylation is 2. The Morgan fingerprint density at radius 2 is 1.81 bits per heavy atom. The predicted molar refractivity (Wildman–Crippen MR) is 167 cm³/mol. The second kappa shape index (κ2) is 13.5. The number of hydrazone groups is 1. The van der Waals surface area contributed by atoms with E-state index in [1.165, 1.54) is 4.90 Å². The second-order valence-electron chi connectivity index (χ2n) is 9.64. The summed E-state index contributed by atoms with van der Waals surface area (Å²) in [5.41, 5.74) is 6.18. The number of nitrogens with zero attached hydrogens (tertiary/aromatic N) is 2. The first-order chi connectivity index (χ1) is 20.5. The highest BCUT2D eigenvalue weighted by Gasteiger charge is 2.38. The zero-order valence-corrected chi connectivity index (χ0v) is 25.5. The van der Waals surface area contributed by atoms with E-state index in [1.54, 1.807) is 50.2 Å². The minimum absolute atomic E-state index is 0.0424. The van der Waals surface area contributed by atoms with Gasteiger partial charge in [-0.1, -0.05) is 24.3 Å². The molecule has 4 N–H and O–H groups in total. The van der Waals surface area contributed by atoms with Crippen LogP contribution in [0.25, 0.3) is 0 Å². The minimum atomic E-state index is -1.32. The first-order valence-corrected chi connectivity index (χ1v) is 14.1. The molecule has 14 heteroatoms. The molecule has 43 heavy (non-hydrogen) atoms. The third-order valence-corrected chi connectivity index (χ3v) is 7.22. The summed E-state index contributed by atoms with van der Waals surface area (Å²) in [5.74, 6) is -3.44. The molecule has 2 aromatic rings. The highest BCUT2D eigenvalue weighted by Crippen LogP contribution is 2.33. The molecule has 2 aliphatic rings. The first kappa shape index (κ1) is 31.3. The number of allylic oxidation sites excluding steroid dienone is 1. The molecular formula is C29H30N6O6S2. The van der Waals surface area contributed by atoms with E-state index in [2.05, 4.69) is 26.5 Å². The number of hydrogen-bond donors (Lipinski definition) is 4. The molecule has 0 bridgehead atoms. The van der Waals surface area contributed by atoms with Gasteiger partial charge < -0.3 is 25.4 Å². The lowest BCUT2D eigenvalue weighted by Gasteiger charge is -2.31. The highest BCUT2D eigenvalue weighted by molar-refractivity contribution is 7.80. The predicted octanol–water partition coefficient (Wildman–Crippen LogP) is 2.20. The van der Waals surface area contributed by atoms with Crippen LogP contribution in [0.2, 0.25) is 0 Å². The smallest absolute Gasteiger partial charge is 0.338 e. The fraction of sp³-hybridized carbons (Fsp3) is 0.276. The van der Waals surface area contributed by atoms with Crippen molar-refractivity contribution in [1.29, 1.82) is 0 Å². The van der Waals surface area contributed by atoms with Crippen LogP contribution in [-0.4, -0.2) is 53.3 Å². The number of nitrogens with one attached hydrogen (secondary N) is 4. The van der Waals surface area contributed by atoms with Gasteiger partial charge >= 0.3 is 5.97 Å². The summed E-state index contributed by atoms with van der Waals surface area (Å²) in [6.45, 7) is 7.00. The SMILES string of the molecule is CCOC(=O)C1=C(C)NC(=S)N[C@H]1c1ccccc1OCC(=O)NN=C[C@@H]1C(=O)NC(=S)N(c2ccc(C)c(C)c2)C1=O. The number of thiocarbonyl (C=S) groups is 2. The molecule has 2 aliphatic heterocycles. The molecule has 0 unspecified atom stereocenters. The van der Waals surface area contributed by atoms with Gasteiger partial charge in [-0.05, 0) is 81.5 Å². The number of amides is 3. The van der Waals surface area contributed by atoms with E-state index in [0.29, 0.717) is 33.4 Å². The molecule has 0 aliphatic carbocycles. The van der Waals surface area contributed by atoms with Gasteiger partial charge in [-0.25, -0.2) is 10.2 Å². The second-order valence-corrected chi connectivity index (χ2v) is 10.4. The Balaban J connectivity index is 1.43. The highest BCUT2D eigenvalue weighted by atomic mass is 32.1. The fourth-order valence-electron chi connectivity index (χ4n) is 4.45. The maximum absolute atomic E-state index is 13.2. The summed E-state index contributed by atoms with van der Waals surface area (Å²) in [7, 11) is 0. The average molecular weight is 623 g/mol. The lowest BCUT2D eigenvalue weighted by atomic mass is 9.95. The van der Waals surface area contributed by atoms with E-state index in [4.69, 9.17) is 33.9 Å². The molecular weight excluding hydrogens is 592 g/mol. The fourth-order valence-corrected chi connectivity index (χ4v) is 5.01. The molecule has 2 aromatic carbocycles. The number of carbonyl (C=O) groups excluding carboxylic acids is 4. The van der Waals surface area contributed by atoms with Gasteiger partial charge in [0.1, 0.15) is 5.75 Å². The van der Waals surface area contributed by atoms with Crippen LogP contribution in [0.3, 0.4) is 0 Å². The van der Waals surface area contributed by atoms with Crippen molar-refractivity contribution in [3.8, 4) is 5.75 Å². The summed E-state index contributed by atoms with van der Waals surface area (Å²) < 4.78 is 11.0. The average Bonchev–Trinajstić information content (AvgIpc) is 2.95. The summed E-state index contributed by atoms with van der Waals surface area (Å²) in [6, 6.07) is 11.5. The van der Waals surface area contributed by atoms with Gasteiger partial charge in [-0.15, -0.1) is 0 Å². The van der Waals surface area contributed by atoms with E-state index in [9.17, 15) is 19.2 Å². The molecule has 224 valence electrons. The number of esters is 1. The van der Waals surface area contributed by atoms with Crippen LogP contribution < -0.4 is 31.0 Å². The Hall–Kier alpha value is -4.69. The van der Waals surface area contributed by atoms with Crippen LogP contribution in [0, 0.1) is 19.8 Å². The number of anilines is 1. The van der Waals surface area contributed by atoms with Crippen LogP contribution in [0.15, 0.2) is 58.8 Å². The van der Waals surface area contributed by atoms with Crippen molar-refractivity contribution in [3.63, 3.8) is 0 Å². The molecule has 0 spiro atoms. The van der Waals surface area contributed by atoms with E-state index in [1.807, 2.05) is 19.9 Å². The van der Waals surface area contributed by atoms with Crippen molar-refractivity contribution < 1.29 is 28.7 Å². The monoisotopic (exact) mass is 622 g/mol. The van der Waals surface area contributed by atoms with Crippen molar-refractivity contribution in [2.45, 2.75) is 33.7 Å². The Morgan fingerprint density at radius 3 is 2.53 bits per heavy atom. The zero-order chi connectivity index (χ0) is 31.3. The number of rotatable bonds is 9. The quantitative estimate of drug-likeness (QED) is 0.108. The van der Waals surface area contributed by atoms with Crippen LogP contribution in [-0.2, 0) is 23.9 Å². The van der Waals surface area contributed by atoms with Gasteiger partial charge in [0.25, 0.3) is 11.8 Å². The number of carbonyl (C=O) groups is 4. The first-order valence-electron chi connectivity index (χ1n) is 13.3. The molecule has 2 atom stereocenters. The van der Waals surface area contributed by atoms with Crippen molar-refractivity contribution in [1.82, 2.24) is 21.4 Å². The summed E-state index contributed by atoms with van der Waals surface area (Å²) in [6.07, 6.45) is 1.04. The maximum atomic E-state index is 13.2. The Labute approximate surface area is 258 Å². The van der Waals surface area contributed by atoms with Gasteiger partial charge in [0.2, 0.25) is 5.91 Å². The molecule has 3 amide bonds. The lowest BCUT2D eigenvalue weighted by Crippen LogP contribution is -2.58. The molecule has 1 fully saturated rings. The van der Waals surface area contributed by atoms with Gasteiger partial charge in [0.15, 0.2) is 22.7 Å². The number of benzene rings is 2. The van der Waals surface area contributed by atoms with Crippen molar-refractivity contribution in [2.75, 3.05) is 18.1 Å². The van der Waals surface area contributed by atoms with E-state index >= 15 is 0 Å². The summed E-state index contributed by atoms with van der Waals surface area (Å²) >= 11 is 10.5. The number of ether oxygens (including phenoxy) is 2. The van der Waals surface area contributed by atoms with Gasteiger partial charge in [-0.3, -0.25) is 19.3 Å².